The second-order valence-corrected chi connectivity index (χ2v) is 6.69. The summed E-state index contributed by atoms with van der Waals surface area (Å²) >= 11 is 0. The van der Waals surface area contributed by atoms with Gasteiger partial charge in [-0.2, -0.15) is 0 Å². The average Bonchev–Trinajstić information content (AvgIpc) is 2.78. The molecule has 1 amide bonds. The number of carbonyl (C=O) groups excluding carboxylic acids is 2. The number of ether oxygens (including phenoxy) is 2. The molecule has 30 heavy (non-hydrogen) atoms. The molecule has 154 valence electrons. The quantitative estimate of drug-likeness (QED) is 0.497. The fourth-order valence-electron chi connectivity index (χ4n) is 2.86. The maximum atomic E-state index is 12.2. The van der Waals surface area contributed by atoms with Crippen molar-refractivity contribution in [2.45, 2.75) is 25.9 Å². The molecule has 1 heterocycles. The summed E-state index contributed by atoms with van der Waals surface area (Å²) in [6, 6.07) is 19.8. The Hall–Kier alpha value is -3.67. The summed E-state index contributed by atoms with van der Waals surface area (Å²) in [6.45, 7) is 0.353. The normalized spacial score (nSPS) is 10.3. The number of anilines is 1. The predicted molar refractivity (Wildman–Crippen MR) is 115 cm³/mol. The van der Waals surface area contributed by atoms with Crippen LogP contribution in [0.15, 0.2) is 72.9 Å². The third kappa shape index (κ3) is 6.44. The summed E-state index contributed by atoms with van der Waals surface area (Å²) in [7, 11) is 1.58. The van der Waals surface area contributed by atoms with Gasteiger partial charge in [0, 0.05) is 36.4 Å². The molecular weight excluding hydrogens is 380 g/mol. The van der Waals surface area contributed by atoms with Crippen LogP contribution < -0.4 is 14.8 Å². The number of benzene rings is 2. The lowest BCUT2D eigenvalue weighted by Gasteiger charge is -2.09. The average molecular weight is 404 g/mol. The van der Waals surface area contributed by atoms with Crippen molar-refractivity contribution in [3.05, 3.63) is 84.2 Å². The van der Waals surface area contributed by atoms with E-state index in [-0.39, 0.29) is 18.1 Å². The van der Waals surface area contributed by atoms with E-state index in [2.05, 4.69) is 10.3 Å². The summed E-state index contributed by atoms with van der Waals surface area (Å²) in [5.74, 6) is 1.22. The van der Waals surface area contributed by atoms with Gasteiger partial charge in [-0.15, -0.1) is 0 Å². The van der Waals surface area contributed by atoms with Gasteiger partial charge in [-0.25, -0.2) is 0 Å². The number of aromatic nitrogens is 1. The van der Waals surface area contributed by atoms with E-state index >= 15 is 0 Å². The minimum absolute atomic E-state index is 0.00960. The van der Waals surface area contributed by atoms with Crippen molar-refractivity contribution in [1.82, 2.24) is 4.98 Å². The number of hydrogen-bond donors (Lipinski definition) is 1. The van der Waals surface area contributed by atoms with Crippen molar-refractivity contribution < 1.29 is 19.1 Å². The lowest BCUT2D eigenvalue weighted by molar-refractivity contribution is -0.116. The molecule has 0 aliphatic heterocycles. The SMILES string of the molecule is COc1ccc(C(=O)CCCC(=O)Nc2cccc(OCc3ccccn3)c2)cc1. The summed E-state index contributed by atoms with van der Waals surface area (Å²) in [5.41, 5.74) is 2.10. The molecule has 6 nitrogen and oxygen atoms in total. The van der Waals surface area contributed by atoms with E-state index in [1.165, 1.54) is 0 Å². The van der Waals surface area contributed by atoms with Gasteiger partial charge in [-0.05, 0) is 55.0 Å². The molecule has 0 aliphatic carbocycles. The van der Waals surface area contributed by atoms with Crippen molar-refractivity contribution in [3.8, 4) is 11.5 Å². The Balaban J connectivity index is 1.43. The molecule has 0 atom stereocenters. The highest BCUT2D eigenvalue weighted by Crippen LogP contribution is 2.19. The van der Waals surface area contributed by atoms with Crippen LogP contribution in [0.5, 0.6) is 11.5 Å². The maximum Gasteiger partial charge on any atom is 0.224 e. The predicted octanol–water partition coefficient (Wildman–Crippen LogP) is 4.66. The lowest BCUT2D eigenvalue weighted by Crippen LogP contribution is -2.12. The molecule has 0 unspecified atom stereocenters. The fraction of sp³-hybridized carbons (Fsp3) is 0.208. The first kappa shape index (κ1) is 21.0. The summed E-state index contributed by atoms with van der Waals surface area (Å²) in [4.78, 5) is 28.7. The zero-order valence-corrected chi connectivity index (χ0v) is 16.8. The van der Waals surface area contributed by atoms with Crippen LogP contribution in [0.4, 0.5) is 5.69 Å². The van der Waals surface area contributed by atoms with Crippen LogP contribution in [0.3, 0.4) is 0 Å². The monoisotopic (exact) mass is 404 g/mol. The number of ketones is 1. The van der Waals surface area contributed by atoms with Crippen molar-refractivity contribution >= 4 is 17.4 Å². The van der Waals surface area contributed by atoms with Crippen molar-refractivity contribution in [2.24, 2.45) is 0 Å². The minimum atomic E-state index is -0.139. The van der Waals surface area contributed by atoms with Gasteiger partial charge in [0.1, 0.15) is 18.1 Å². The number of carbonyl (C=O) groups is 2. The van der Waals surface area contributed by atoms with E-state index in [0.29, 0.717) is 42.2 Å². The number of nitrogens with one attached hydrogen (secondary N) is 1. The Bertz CT molecular complexity index is 972. The highest BCUT2D eigenvalue weighted by molar-refractivity contribution is 5.97. The van der Waals surface area contributed by atoms with Crippen LogP contribution in [0, 0.1) is 0 Å². The molecule has 0 spiro atoms. The van der Waals surface area contributed by atoms with Gasteiger partial charge in [0.25, 0.3) is 0 Å². The van der Waals surface area contributed by atoms with Gasteiger partial charge in [0.05, 0.1) is 12.8 Å². The molecule has 1 aromatic heterocycles. The number of nitrogens with zero attached hydrogens (tertiary/aromatic N) is 1. The fourth-order valence-corrected chi connectivity index (χ4v) is 2.86. The van der Waals surface area contributed by atoms with E-state index in [1.54, 1.807) is 49.7 Å². The van der Waals surface area contributed by atoms with Crippen LogP contribution in [-0.2, 0) is 11.4 Å². The number of pyridine rings is 1. The van der Waals surface area contributed by atoms with Crippen LogP contribution >= 0.6 is 0 Å². The second kappa shape index (κ2) is 10.8. The largest absolute Gasteiger partial charge is 0.497 e. The second-order valence-electron chi connectivity index (χ2n) is 6.69. The van der Waals surface area contributed by atoms with E-state index in [0.717, 1.165) is 5.69 Å². The van der Waals surface area contributed by atoms with Gasteiger partial charge in [0.15, 0.2) is 5.78 Å². The van der Waals surface area contributed by atoms with Crippen LogP contribution in [-0.4, -0.2) is 23.8 Å². The van der Waals surface area contributed by atoms with Crippen molar-refractivity contribution in [2.75, 3.05) is 12.4 Å². The van der Waals surface area contributed by atoms with Gasteiger partial charge in [-0.3, -0.25) is 14.6 Å². The van der Waals surface area contributed by atoms with Crippen LogP contribution in [0.25, 0.3) is 0 Å². The summed E-state index contributed by atoms with van der Waals surface area (Å²) < 4.78 is 10.8. The molecule has 0 saturated heterocycles. The number of Topliss-reactive ketones (excluding diaryl/α,β-unsaturated/α-hetero) is 1. The highest BCUT2D eigenvalue weighted by Gasteiger charge is 2.09. The molecule has 0 bridgehead atoms. The maximum absolute atomic E-state index is 12.2. The Morgan fingerprint density at radius 3 is 2.50 bits per heavy atom. The molecule has 0 radical (unpaired) electrons. The Morgan fingerprint density at radius 1 is 0.933 bits per heavy atom. The van der Waals surface area contributed by atoms with Crippen molar-refractivity contribution in [3.63, 3.8) is 0 Å². The molecule has 2 aromatic carbocycles. The first-order valence-corrected chi connectivity index (χ1v) is 9.74. The number of amides is 1. The molecule has 0 saturated carbocycles. The first-order chi connectivity index (χ1) is 14.6. The Kier molecular flexibility index (Phi) is 7.55. The van der Waals surface area contributed by atoms with Gasteiger partial charge in [0.2, 0.25) is 5.91 Å². The smallest absolute Gasteiger partial charge is 0.224 e. The van der Waals surface area contributed by atoms with Crippen molar-refractivity contribution in [1.29, 1.82) is 0 Å². The summed E-state index contributed by atoms with van der Waals surface area (Å²) in [6.07, 6.45) is 2.77. The van der Waals surface area contributed by atoms with Crippen LogP contribution in [0.2, 0.25) is 0 Å². The van der Waals surface area contributed by atoms with Crippen LogP contribution in [0.1, 0.15) is 35.3 Å². The zero-order valence-electron chi connectivity index (χ0n) is 16.8. The molecular formula is C24H24N2O4. The topological polar surface area (TPSA) is 77.5 Å². The van der Waals surface area contributed by atoms with Gasteiger partial charge in [-0.1, -0.05) is 12.1 Å². The third-order valence-corrected chi connectivity index (χ3v) is 4.45. The van der Waals surface area contributed by atoms with E-state index in [4.69, 9.17) is 9.47 Å². The molecule has 6 heteroatoms. The zero-order chi connectivity index (χ0) is 21.2. The third-order valence-electron chi connectivity index (χ3n) is 4.45. The molecule has 3 aromatic rings. The summed E-state index contributed by atoms with van der Waals surface area (Å²) in [5, 5.41) is 2.85. The molecule has 0 fully saturated rings. The highest BCUT2D eigenvalue weighted by atomic mass is 16.5. The lowest BCUT2D eigenvalue weighted by atomic mass is 10.1. The standard InChI is InChI=1S/C24H24N2O4/c1-29-21-13-11-18(12-14-21)23(27)9-5-10-24(28)26-19-7-4-8-22(16-19)30-17-20-6-2-3-15-25-20/h2-4,6-8,11-16H,5,9-10,17H2,1H3,(H,26,28). The molecule has 1 N–H and O–H groups in total. The number of rotatable bonds is 10. The number of methoxy groups -OCH3 is 1. The Labute approximate surface area is 175 Å². The number of hydrogen-bond acceptors (Lipinski definition) is 5. The first-order valence-electron chi connectivity index (χ1n) is 9.74. The van der Waals surface area contributed by atoms with E-state index < -0.39 is 0 Å². The molecule has 0 aliphatic rings. The van der Waals surface area contributed by atoms with Gasteiger partial charge >= 0.3 is 0 Å². The Morgan fingerprint density at radius 2 is 1.77 bits per heavy atom. The van der Waals surface area contributed by atoms with E-state index in [9.17, 15) is 9.59 Å². The molecule has 3 rings (SSSR count). The van der Waals surface area contributed by atoms with Gasteiger partial charge < -0.3 is 14.8 Å². The van der Waals surface area contributed by atoms with E-state index in [1.807, 2.05) is 30.3 Å². The minimum Gasteiger partial charge on any atom is -0.497 e.